The van der Waals surface area contributed by atoms with Crippen LogP contribution in [0.5, 0.6) is 0 Å². The predicted molar refractivity (Wildman–Crippen MR) is 87.3 cm³/mol. The summed E-state index contributed by atoms with van der Waals surface area (Å²) < 4.78 is 0. The van der Waals surface area contributed by atoms with E-state index in [4.69, 9.17) is 0 Å². The standard InChI is InChI=1S/C17H34BN/c1-5-16(17(18,6-2)19(16)4)15-12-10-8-7-9-11-14(3)13-15/h14-15H,5-13,18H2,1-4H3. The molecule has 5 atom stereocenters. The number of hydrogen-bond donors (Lipinski definition) is 0. The van der Waals surface area contributed by atoms with Crippen molar-refractivity contribution in [2.75, 3.05) is 7.05 Å². The zero-order valence-electron chi connectivity index (χ0n) is 14.0. The van der Waals surface area contributed by atoms with E-state index in [1.807, 2.05) is 0 Å². The van der Waals surface area contributed by atoms with Crippen molar-refractivity contribution >= 4 is 7.85 Å². The van der Waals surface area contributed by atoms with Gasteiger partial charge in [0.15, 0.2) is 0 Å². The highest BCUT2D eigenvalue weighted by Gasteiger charge is 2.69. The topological polar surface area (TPSA) is 3.01 Å². The summed E-state index contributed by atoms with van der Waals surface area (Å²) in [5.41, 5.74) is 0.987. The van der Waals surface area contributed by atoms with Gasteiger partial charge in [-0.3, -0.25) is 4.90 Å². The highest BCUT2D eigenvalue weighted by atomic mass is 15.4. The van der Waals surface area contributed by atoms with Crippen LogP contribution in [0, 0.1) is 11.8 Å². The van der Waals surface area contributed by atoms with Crippen LogP contribution >= 0.6 is 0 Å². The number of nitrogens with zero attached hydrogens (tertiary/aromatic N) is 1. The van der Waals surface area contributed by atoms with Gasteiger partial charge in [0.2, 0.25) is 0 Å². The molecule has 1 saturated heterocycles. The number of likely N-dealkylation sites (N-methyl/N-ethyl adjacent to an activating group) is 1. The first-order valence-corrected chi connectivity index (χ1v) is 8.76. The lowest BCUT2D eigenvalue weighted by molar-refractivity contribution is 0.237. The summed E-state index contributed by atoms with van der Waals surface area (Å²) in [7, 11) is 4.89. The van der Waals surface area contributed by atoms with Crippen molar-refractivity contribution in [3.05, 3.63) is 0 Å². The zero-order valence-corrected chi connectivity index (χ0v) is 14.0. The third-order valence-electron chi connectivity index (χ3n) is 6.81. The maximum atomic E-state index is 2.72. The summed E-state index contributed by atoms with van der Waals surface area (Å²) in [5, 5.41) is 0. The first-order chi connectivity index (χ1) is 9.03. The lowest BCUT2D eigenvalue weighted by Crippen LogP contribution is -2.35. The highest BCUT2D eigenvalue weighted by Crippen LogP contribution is 2.59. The van der Waals surface area contributed by atoms with Gasteiger partial charge in [-0.25, -0.2) is 0 Å². The molecule has 2 heteroatoms. The van der Waals surface area contributed by atoms with Crippen LogP contribution in [0.3, 0.4) is 0 Å². The van der Waals surface area contributed by atoms with Crippen molar-refractivity contribution in [3.63, 3.8) is 0 Å². The molecule has 2 aliphatic rings. The molecule has 0 amide bonds. The van der Waals surface area contributed by atoms with Crippen LogP contribution in [-0.4, -0.2) is 30.8 Å². The summed E-state index contributed by atoms with van der Waals surface area (Å²) in [6.45, 7) is 7.30. The van der Waals surface area contributed by atoms with Crippen LogP contribution in [0.1, 0.15) is 78.6 Å². The third-order valence-corrected chi connectivity index (χ3v) is 6.81. The van der Waals surface area contributed by atoms with Gasteiger partial charge in [0.25, 0.3) is 0 Å². The Hall–Kier alpha value is 0.0249. The van der Waals surface area contributed by atoms with E-state index in [1.54, 1.807) is 0 Å². The minimum atomic E-state index is 0.472. The lowest BCUT2D eigenvalue weighted by Gasteiger charge is -2.31. The summed E-state index contributed by atoms with van der Waals surface area (Å²) in [5.74, 6) is 1.86. The second kappa shape index (κ2) is 5.80. The molecule has 1 aliphatic carbocycles. The van der Waals surface area contributed by atoms with Gasteiger partial charge < -0.3 is 0 Å². The molecular formula is C17H34BN. The van der Waals surface area contributed by atoms with Crippen molar-refractivity contribution in [1.82, 2.24) is 4.90 Å². The summed E-state index contributed by atoms with van der Waals surface area (Å²) in [4.78, 5) is 2.72. The molecule has 1 saturated carbocycles. The molecule has 5 unspecified atom stereocenters. The van der Waals surface area contributed by atoms with Crippen LogP contribution in [0.25, 0.3) is 0 Å². The van der Waals surface area contributed by atoms with Gasteiger partial charge in [-0.05, 0) is 44.6 Å². The Morgan fingerprint density at radius 3 is 2.21 bits per heavy atom. The molecule has 0 N–H and O–H groups in total. The summed E-state index contributed by atoms with van der Waals surface area (Å²) >= 11 is 0. The molecule has 1 heterocycles. The Balaban J connectivity index is 2.16. The average molecular weight is 263 g/mol. The Kier molecular flexibility index (Phi) is 4.70. The van der Waals surface area contributed by atoms with Gasteiger partial charge in [0, 0.05) is 11.0 Å². The van der Waals surface area contributed by atoms with Crippen molar-refractivity contribution < 1.29 is 0 Å². The Bertz CT molecular complexity index is 306. The molecule has 1 nitrogen and oxygen atoms in total. The molecule has 0 spiro atoms. The monoisotopic (exact) mass is 263 g/mol. The molecular weight excluding hydrogens is 229 g/mol. The normalized spacial score (nSPS) is 48.1. The van der Waals surface area contributed by atoms with Crippen LogP contribution in [-0.2, 0) is 0 Å². The van der Waals surface area contributed by atoms with Gasteiger partial charge in [-0.1, -0.05) is 52.9 Å². The van der Waals surface area contributed by atoms with Crippen molar-refractivity contribution in [2.45, 2.75) is 89.5 Å². The molecule has 0 aromatic heterocycles. The second-order valence-electron chi connectivity index (χ2n) is 7.49. The van der Waals surface area contributed by atoms with Gasteiger partial charge in [0.05, 0.1) is 0 Å². The highest BCUT2D eigenvalue weighted by molar-refractivity contribution is 6.19. The van der Waals surface area contributed by atoms with Crippen molar-refractivity contribution in [1.29, 1.82) is 0 Å². The molecule has 110 valence electrons. The molecule has 2 rings (SSSR count). The lowest BCUT2D eigenvalue weighted by atomic mass is 9.65. The Morgan fingerprint density at radius 1 is 1.05 bits per heavy atom. The first-order valence-electron chi connectivity index (χ1n) is 8.76. The Labute approximate surface area is 121 Å². The maximum absolute atomic E-state index is 2.72. The maximum Gasteiger partial charge on any atom is 0.130 e. The van der Waals surface area contributed by atoms with Crippen LogP contribution in [0.15, 0.2) is 0 Å². The van der Waals surface area contributed by atoms with Crippen LogP contribution in [0.4, 0.5) is 0 Å². The first kappa shape index (κ1) is 15.4. The van der Waals surface area contributed by atoms with Gasteiger partial charge in [-0.2, -0.15) is 0 Å². The van der Waals surface area contributed by atoms with Crippen LogP contribution < -0.4 is 0 Å². The van der Waals surface area contributed by atoms with E-state index in [9.17, 15) is 0 Å². The SMILES string of the molecule is BC1(CC)N(C)C1(CC)C1CCCCCCC(C)C1. The second-order valence-corrected chi connectivity index (χ2v) is 7.49. The quantitative estimate of drug-likeness (QED) is 0.552. The minimum Gasteiger partial charge on any atom is -0.300 e. The minimum absolute atomic E-state index is 0.472. The van der Waals surface area contributed by atoms with Crippen LogP contribution in [0.2, 0.25) is 0 Å². The fraction of sp³-hybridized carbons (Fsp3) is 1.00. The average Bonchev–Trinajstić information content (AvgIpc) is 2.85. The van der Waals surface area contributed by atoms with Gasteiger partial charge in [-0.15, -0.1) is 0 Å². The molecule has 2 fully saturated rings. The van der Waals surface area contributed by atoms with E-state index in [0.717, 1.165) is 11.8 Å². The largest absolute Gasteiger partial charge is 0.300 e. The zero-order chi connectivity index (χ0) is 14.1. The van der Waals surface area contributed by atoms with E-state index in [0.29, 0.717) is 11.0 Å². The fourth-order valence-corrected chi connectivity index (χ4v) is 5.35. The number of rotatable bonds is 3. The van der Waals surface area contributed by atoms with E-state index in [2.05, 4.69) is 40.6 Å². The molecule has 0 radical (unpaired) electrons. The van der Waals surface area contributed by atoms with E-state index in [-0.39, 0.29) is 0 Å². The van der Waals surface area contributed by atoms with E-state index < -0.39 is 0 Å². The molecule has 0 bridgehead atoms. The smallest absolute Gasteiger partial charge is 0.130 e. The van der Waals surface area contributed by atoms with E-state index >= 15 is 0 Å². The molecule has 0 aromatic carbocycles. The Morgan fingerprint density at radius 2 is 1.68 bits per heavy atom. The molecule has 19 heavy (non-hydrogen) atoms. The summed E-state index contributed by atoms with van der Waals surface area (Å²) in [6.07, 6.45) is 12.9. The van der Waals surface area contributed by atoms with Crippen molar-refractivity contribution in [3.8, 4) is 0 Å². The fourth-order valence-electron chi connectivity index (χ4n) is 5.35. The van der Waals surface area contributed by atoms with Gasteiger partial charge >= 0.3 is 0 Å². The summed E-state index contributed by atoms with van der Waals surface area (Å²) in [6, 6.07) is 0. The molecule has 0 aromatic rings. The number of hydrogen-bond acceptors (Lipinski definition) is 1. The van der Waals surface area contributed by atoms with Gasteiger partial charge in [0.1, 0.15) is 7.85 Å². The molecule has 1 aliphatic heterocycles. The predicted octanol–water partition coefficient (Wildman–Crippen LogP) is 3.82. The van der Waals surface area contributed by atoms with Crippen molar-refractivity contribution in [2.24, 2.45) is 11.8 Å². The van der Waals surface area contributed by atoms with E-state index in [1.165, 1.54) is 57.8 Å². The third kappa shape index (κ3) is 2.39.